The first-order valence-corrected chi connectivity index (χ1v) is 4.15. The molecule has 0 spiro atoms. The lowest BCUT2D eigenvalue weighted by molar-refractivity contribution is -0.111. The Balaban J connectivity index is 3.20. The van der Waals surface area contributed by atoms with E-state index in [0.29, 0.717) is 11.3 Å². The van der Waals surface area contributed by atoms with Crippen molar-refractivity contribution in [2.75, 3.05) is 0 Å². The van der Waals surface area contributed by atoms with Crippen molar-refractivity contribution in [2.45, 2.75) is 13.8 Å². The van der Waals surface area contributed by atoms with Gasteiger partial charge in [-0.1, -0.05) is 30.3 Å². The summed E-state index contributed by atoms with van der Waals surface area (Å²) in [5, 5.41) is 0. The Bertz CT molecular complexity index is 334. The van der Waals surface area contributed by atoms with E-state index in [-0.39, 0.29) is 5.78 Å². The van der Waals surface area contributed by atoms with E-state index in [9.17, 15) is 4.79 Å². The number of Topliss-reactive ketones (excluding diaryl/α,β-unsaturated/α-hetero) is 1. The fourth-order valence-corrected chi connectivity index (χ4v) is 1.31. The highest BCUT2D eigenvalue weighted by Crippen LogP contribution is 2.16. The van der Waals surface area contributed by atoms with E-state index in [1.54, 1.807) is 6.92 Å². The summed E-state index contributed by atoms with van der Waals surface area (Å²) >= 11 is 0. The number of hydrogen-bond acceptors (Lipinski definition) is 2. The van der Waals surface area contributed by atoms with E-state index in [2.05, 4.69) is 0 Å². The molecule has 0 heterocycles. The number of benzene rings is 1. The molecular formula is C11H13NO. The number of allylic oxidation sites excluding steroid dienone is 2. The molecule has 0 aliphatic carbocycles. The molecule has 13 heavy (non-hydrogen) atoms. The molecule has 0 saturated carbocycles. The molecule has 68 valence electrons. The summed E-state index contributed by atoms with van der Waals surface area (Å²) in [6.45, 7) is 3.27. The monoisotopic (exact) mass is 175 g/mol. The predicted octanol–water partition coefficient (Wildman–Crippen LogP) is 1.97. The van der Waals surface area contributed by atoms with Gasteiger partial charge in [-0.05, 0) is 19.4 Å². The number of rotatable bonds is 2. The fraction of sp³-hybridized carbons (Fsp3) is 0.182. The van der Waals surface area contributed by atoms with Crippen LogP contribution in [0.15, 0.2) is 36.0 Å². The van der Waals surface area contributed by atoms with Crippen molar-refractivity contribution in [3.05, 3.63) is 41.6 Å². The Morgan fingerprint density at radius 2 is 1.69 bits per heavy atom. The molecule has 0 atom stereocenters. The van der Waals surface area contributed by atoms with Gasteiger partial charge in [0.1, 0.15) is 0 Å². The Morgan fingerprint density at radius 3 is 2.08 bits per heavy atom. The lowest BCUT2D eigenvalue weighted by Crippen LogP contribution is -2.04. The zero-order valence-electron chi connectivity index (χ0n) is 7.87. The van der Waals surface area contributed by atoms with Gasteiger partial charge in [-0.15, -0.1) is 0 Å². The van der Waals surface area contributed by atoms with Crippen LogP contribution in [-0.2, 0) is 4.79 Å². The van der Waals surface area contributed by atoms with Crippen molar-refractivity contribution in [1.29, 1.82) is 0 Å². The van der Waals surface area contributed by atoms with Crippen molar-refractivity contribution in [2.24, 2.45) is 5.73 Å². The van der Waals surface area contributed by atoms with Gasteiger partial charge in [-0.2, -0.15) is 0 Å². The second-order valence-corrected chi connectivity index (χ2v) is 2.98. The highest BCUT2D eigenvalue weighted by molar-refractivity contribution is 6.20. The molecule has 0 aliphatic heterocycles. The zero-order chi connectivity index (χ0) is 9.84. The van der Waals surface area contributed by atoms with Gasteiger partial charge in [-0.25, -0.2) is 0 Å². The van der Waals surface area contributed by atoms with Gasteiger partial charge >= 0.3 is 0 Å². The van der Waals surface area contributed by atoms with Crippen LogP contribution >= 0.6 is 0 Å². The first kappa shape index (κ1) is 9.52. The second kappa shape index (κ2) is 3.90. The van der Waals surface area contributed by atoms with Crippen molar-refractivity contribution in [1.82, 2.24) is 0 Å². The molecule has 0 aliphatic rings. The average molecular weight is 175 g/mol. The summed E-state index contributed by atoms with van der Waals surface area (Å²) in [7, 11) is 0. The van der Waals surface area contributed by atoms with Crippen LogP contribution in [0.2, 0.25) is 0 Å². The molecule has 1 rings (SSSR count). The quantitative estimate of drug-likeness (QED) is 0.698. The van der Waals surface area contributed by atoms with Crippen LogP contribution in [0.25, 0.3) is 5.57 Å². The minimum Gasteiger partial charge on any atom is -0.402 e. The Hall–Kier alpha value is -1.57. The normalized spacial score (nSPS) is 12.2. The summed E-state index contributed by atoms with van der Waals surface area (Å²) in [4.78, 5) is 11.2. The maximum atomic E-state index is 11.2. The van der Waals surface area contributed by atoms with Gasteiger partial charge in [0.15, 0.2) is 5.78 Å². The van der Waals surface area contributed by atoms with Crippen LogP contribution in [0.1, 0.15) is 19.4 Å². The minimum atomic E-state index is 0.00574. The van der Waals surface area contributed by atoms with E-state index in [4.69, 9.17) is 5.73 Å². The van der Waals surface area contributed by atoms with E-state index in [0.717, 1.165) is 5.56 Å². The van der Waals surface area contributed by atoms with Crippen molar-refractivity contribution in [3.8, 4) is 0 Å². The Labute approximate surface area is 78.1 Å². The largest absolute Gasteiger partial charge is 0.402 e. The molecule has 0 radical (unpaired) electrons. The molecule has 0 unspecified atom stereocenters. The second-order valence-electron chi connectivity index (χ2n) is 2.98. The van der Waals surface area contributed by atoms with Crippen LogP contribution in [0.4, 0.5) is 0 Å². The highest BCUT2D eigenvalue weighted by Gasteiger charge is 2.08. The Kier molecular flexibility index (Phi) is 2.85. The van der Waals surface area contributed by atoms with Crippen LogP contribution in [0, 0.1) is 0 Å². The molecule has 2 N–H and O–H groups in total. The fourth-order valence-electron chi connectivity index (χ4n) is 1.31. The van der Waals surface area contributed by atoms with Gasteiger partial charge in [0, 0.05) is 11.3 Å². The number of ketones is 1. The topological polar surface area (TPSA) is 43.1 Å². The van der Waals surface area contributed by atoms with Crippen LogP contribution < -0.4 is 5.73 Å². The summed E-state index contributed by atoms with van der Waals surface area (Å²) in [5.74, 6) is 0.00574. The highest BCUT2D eigenvalue weighted by atomic mass is 16.1. The first-order chi connectivity index (χ1) is 6.13. The van der Waals surface area contributed by atoms with Crippen LogP contribution in [-0.4, -0.2) is 5.78 Å². The minimum absolute atomic E-state index is 0.00574. The summed E-state index contributed by atoms with van der Waals surface area (Å²) in [6, 6.07) is 9.45. The van der Waals surface area contributed by atoms with Crippen molar-refractivity contribution >= 4 is 11.4 Å². The van der Waals surface area contributed by atoms with Gasteiger partial charge in [0.2, 0.25) is 0 Å². The molecule has 1 aromatic rings. The van der Waals surface area contributed by atoms with E-state index in [1.165, 1.54) is 6.92 Å². The maximum absolute atomic E-state index is 11.2. The average Bonchev–Trinajstić information content (AvgIpc) is 2.04. The zero-order valence-corrected chi connectivity index (χ0v) is 7.87. The van der Waals surface area contributed by atoms with E-state index in [1.807, 2.05) is 30.3 Å². The van der Waals surface area contributed by atoms with Gasteiger partial charge < -0.3 is 5.73 Å². The molecule has 2 nitrogen and oxygen atoms in total. The lowest BCUT2D eigenvalue weighted by atomic mass is 10.0. The van der Waals surface area contributed by atoms with E-state index < -0.39 is 0 Å². The lowest BCUT2D eigenvalue weighted by Gasteiger charge is -2.05. The molecule has 0 bridgehead atoms. The first-order valence-electron chi connectivity index (χ1n) is 4.15. The Morgan fingerprint density at radius 1 is 1.15 bits per heavy atom. The van der Waals surface area contributed by atoms with Crippen molar-refractivity contribution in [3.63, 3.8) is 0 Å². The smallest absolute Gasteiger partial charge is 0.162 e. The third-order valence-electron chi connectivity index (χ3n) is 1.81. The molecule has 0 fully saturated rings. The molecule has 0 aromatic heterocycles. The maximum Gasteiger partial charge on any atom is 0.162 e. The van der Waals surface area contributed by atoms with Gasteiger partial charge in [0.05, 0.1) is 0 Å². The molecular weight excluding hydrogens is 162 g/mol. The predicted molar refractivity (Wildman–Crippen MR) is 53.9 cm³/mol. The summed E-state index contributed by atoms with van der Waals surface area (Å²) in [6.07, 6.45) is 0. The van der Waals surface area contributed by atoms with Crippen LogP contribution in [0.3, 0.4) is 0 Å². The molecule has 0 amide bonds. The number of carbonyl (C=O) groups excluding carboxylic acids is 1. The number of hydrogen-bond donors (Lipinski definition) is 1. The molecule has 1 aromatic carbocycles. The molecule has 0 saturated heterocycles. The van der Waals surface area contributed by atoms with Gasteiger partial charge in [0.25, 0.3) is 0 Å². The summed E-state index contributed by atoms with van der Waals surface area (Å²) in [5.41, 5.74) is 7.69. The van der Waals surface area contributed by atoms with Gasteiger partial charge in [-0.3, -0.25) is 4.79 Å². The van der Waals surface area contributed by atoms with Crippen LogP contribution in [0.5, 0.6) is 0 Å². The molecule has 2 heteroatoms. The SMILES string of the molecule is CC(=O)/C(=C(/C)N)c1ccccc1. The third kappa shape index (κ3) is 2.18. The standard InChI is InChI=1S/C11H13NO/c1-8(12)11(9(2)13)10-6-4-3-5-7-10/h3-7H,12H2,1-2H3/b11-8+. The van der Waals surface area contributed by atoms with E-state index >= 15 is 0 Å². The number of nitrogens with two attached hydrogens (primary N) is 1. The third-order valence-corrected chi connectivity index (χ3v) is 1.81. The summed E-state index contributed by atoms with van der Waals surface area (Å²) < 4.78 is 0. The van der Waals surface area contributed by atoms with Crippen molar-refractivity contribution < 1.29 is 4.79 Å². The number of carbonyl (C=O) groups is 1.